The molecule has 0 radical (unpaired) electrons. The maximum atomic E-state index is 11.7. The average molecular weight is 283 g/mol. The summed E-state index contributed by atoms with van der Waals surface area (Å²) in [5.74, 6) is -0.466. The molecule has 7 N–H and O–H groups in total. The number of rotatable bonds is 4. The minimum atomic E-state index is -0.466. The van der Waals surface area contributed by atoms with Crippen molar-refractivity contribution in [3.63, 3.8) is 0 Å². The molecule has 0 bridgehead atoms. The third-order valence-electron chi connectivity index (χ3n) is 3.11. The minimum absolute atomic E-state index is 0.315. The van der Waals surface area contributed by atoms with E-state index in [0.717, 1.165) is 31.2 Å². The summed E-state index contributed by atoms with van der Waals surface area (Å²) in [6.07, 6.45) is 4.02. The van der Waals surface area contributed by atoms with Crippen LogP contribution in [-0.2, 0) is 12.8 Å². The molecule has 0 aromatic carbocycles. The van der Waals surface area contributed by atoms with Crippen molar-refractivity contribution in [1.82, 2.24) is 5.32 Å². The Balaban J connectivity index is 2.22. The first kappa shape index (κ1) is 13.8. The highest BCUT2D eigenvalue weighted by Gasteiger charge is 2.24. The number of hydrogen-bond donors (Lipinski definition) is 4. The summed E-state index contributed by atoms with van der Waals surface area (Å²) in [6, 6.07) is -0.315. The molecular weight excluding hydrogens is 264 g/mol. The summed E-state index contributed by atoms with van der Waals surface area (Å²) in [5.41, 5.74) is 10.6. The maximum absolute atomic E-state index is 11.7. The van der Waals surface area contributed by atoms with Gasteiger partial charge in [-0.2, -0.15) is 0 Å². The number of anilines is 1. The zero-order valence-corrected chi connectivity index (χ0v) is 11.6. The average Bonchev–Trinajstić information content (AvgIpc) is 2.74. The van der Waals surface area contributed by atoms with Gasteiger partial charge in [0.25, 0.3) is 5.91 Å². The van der Waals surface area contributed by atoms with Crippen molar-refractivity contribution in [3.05, 3.63) is 16.0 Å². The molecule has 1 aromatic rings. The fourth-order valence-electron chi connectivity index (χ4n) is 2.26. The first-order valence-electron chi connectivity index (χ1n) is 6.42. The van der Waals surface area contributed by atoms with E-state index in [1.54, 1.807) is 0 Å². The Kier molecular flexibility index (Phi) is 4.39. The number of carbonyl (C=O) groups excluding carboxylic acids is 2. The number of hydrogen-bond acceptors (Lipinski definition) is 3. The van der Waals surface area contributed by atoms with Crippen LogP contribution in [0.1, 0.15) is 33.6 Å². The van der Waals surface area contributed by atoms with Gasteiger partial charge in [-0.1, -0.05) is 0 Å². The van der Waals surface area contributed by atoms with Crippen LogP contribution < -0.4 is 22.1 Å². The van der Waals surface area contributed by atoms with Crippen LogP contribution in [0.4, 0.5) is 9.80 Å². The summed E-state index contributed by atoms with van der Waals surface area (Å²) >= 11 is 1.46. The zero-order valence-electron chi connectivity index (χ0n) is 10.8. The van der Waals surface area contributed by atoms with E-state index in [4.69, 9.17) is 5.73 Å². The molecule has 1 aromatic heterocycles. The van der Waals surface area contributed by atoms with E-state index in [1.807, 2.05) is 0 Å². The number of urea groups is 1. The highest BCUT2D eigenvalue weighted by atomic mass is 32.1. The van der Waals surface area contributed by atoms with Gasteiger partial charge < -0.3 is 16.8 Å². The lowest BCUT2D eigenvalue weighted by Gasteiger charge is -2.11. The number of carbonyl (C=O) groups is 2. The van der Waals surface area contributed by atoms with Crippen LogP contribution in [0.25, 0.3) is 0 Å². The van der Waals surface area contributed by atoms with Gasteiger partial charge in [0.2, 0.25) is 0 Å². The van der Waals surface area contributed by atoms with Crippen molar-refractivity contribution in [2.45, 2.75) is 25.7 Å². The van der Waals surface area contributed by atoms with Crippen molar-refractivity contribution < 1.29 is 15.3 Å². The van der Waals surface area contributed by atoms with Crippen LogP contribution >= 0.6 is 11.3 Å². The highest BCUT2D eigenvalue weighted by Crippen LogP contribution is 2.37. The Morgan fingerprint density at radius 3 is 2.74 bits per heavy atom. The van der Waals surface area contributed by atoms with Crippen LogP contribution in [0.2, 0.25) is 0 Å². The second-order valence-corrected chi connectivity index (χ2v) is 5.62. The van der Waals surface area contributed by atoms with Gasteiger partial charge in [0.15, 0.2) is 0 Å². The van der Waals surface area contributed by atoms with Crippen LogP contribution in [-0.4, -0.2) is 25.0 Å². The summed E-state index contributed by atoms with van der Waals surface area (Å²) in [5, 5.41) is 5.96. The number of fused-ring (bicyclic) bond motifs is 1. The van der Waals surface area contributed by atoms with Crippen LogP contribution in [0, 0.1) is 0 Å². The summed E-state index contributed by atoms with van der Waals surface area (Å²) in [6.45, 7) is 1.12. The molecule has 0 saturated carbocycles. The van der Waals surface area contributed by atoms with Gasteiger partial charge in [-0.3, -0.25) is 10.1 Å². The molecule has 0 spiro atoms. The lowest BCUT2D eigenvalue weighted by molar-refractivity contribution is -0.364. The number of primary amides is 1. The summed E-state index contributed by atoms with van der Waals surface area (Å²) in [4.78, 5) is 24.4. The van der Waals surface area contributed by atoms with Crippen molar-refractivity contribution in [2.24, 2.45) is 5.73 Å². The second-order valence-electron chi connectivity index (χ2n) is 4.51. The Morgan fingerprint density at radius 1 is 1.32 bits per heavy atom. The van der Waals surface area contributed by atoms with E-state index in [0.29, 0.717) is 23.7 Å². The number of aryl methyl sites for hydroxylation is 1. The molecule has 0 saturated heterocycles. The van der Waals surface area contributed by atoms with Gasteiger partial charge in [0.1, 0.15) is 5.00 Å². The van der Waals surface area contributed by atoms with Gasteiger partial charge in [-0.15, -0.1) is 11.3 Å². The van der Waals surface area contributed by atoms with Gasteiger partial charge in [-0.05, 0) is 31.2 Å². The molecule has 1 aliphatic carbocycles. The zero-order chi connectivity index (χ0) is 13.8. The Morgan fingerprint density at radius 2 is 2.05 bits per heavy atom. The largest absolute Gasteiger partial charge is 0.365 e. The Labute approximate surface area is 115 Å². The first-order valence-corrected chi connectivity index (χ1v) is 7.23. The first-order chi connectivity index (χ1) is 9.13. The smallest absolute Gasteiger partial charge is 0.320 e. The molecule has 1 aliphatic rings. The Hall–Kier alpha value is -1.60. The lowest BCUT2D eigenvalue weighted by atomic mass is 9.95. The predicted octanol–water partition coefficient (Wildman–Crippen LogP) is 0.0892. The molecule has 6 nitrogen and oxygen atoms in total. The molecule has 2 rings (SSSR count). The topological polar surface area (TPSA) is 112 Å². The van der Waals surface area contributed by atoms with E-state index >= 15 is 0 Å². The van der Waals surface area contributed by atoms with E-state index in [1.165, 1.54) is 16.2 Å². The normalized spacial score (nSPS) is 13.7. The minimum Gasteiger partial charge on any atom is -0.365 e. The lowest BCUT2D eigenvalue weighted by Crippen LogP contribution is -2.55. The van der Waals surface area contributed by atoms with Crippen molar-refractivity contribution >= 4 is 28.3 Å². The SMILES string of the molecule is NC(=O)c1c(NC(=O)NCC[NH3+])sc2c1CCCC2. The molecule has 3 amide bonds. The van der Waals surface area contributed by atoms with Crippen molar-refractivity contribution in [3.8, 4) is 0 Å². The van der Waals surface area contributed by atoms with Crippen LogP contribution in [0.3, 0.4) is 0 Å². The van der Waals surface area contributed by atoms with E-state index in [2.05, 4.69) is 16.4 Å². The fourth-order valence-corrected chi connectivity index (χ4v) is 3.55. The third kappa shape index (κ3) is 3.05. The molecular formula is C12H19N4O2S+. The summed E-state index contributed by atoms with van der Waals surface area (Å²) < 4.78 is 0. The maximum Gasteiger partial charge on any atom is 0.320 e. The van der Waals surface area contributed by atoms with Gasteiger partial charge in [0, 0.05) is 4.88 Å². The van der Waals surface area contributed by atoms with E-state index in [-0.39, 0.29) is 6.03 Å². The van der Waals surface area contributed by atoms with Crippen LogP contribution in [0.15, 0.2) is 0 Å². The van der Waals surface area contributed by atoms with Crippen molar-refractivity contribution in [2.75, 3.05) is 18.4 Å². The molecule has 0 unspecified atom stereocenters. The van der Waals surface area contributed by atoms with E-state index < -0.39 is 5.91 Å². The number of amides is 3. The Bertz CT molecular complexity index is 498. The molecule has 0 aliphatic heterocycles. The molecule has 0 atom stereocenters. The third-order valence-corrected chi connectivity index (χ3v) is 4.31. The molecule has 104 valence electrons. The number of quaternary nitrogens is 1. The number of nitrogens with one attached hydrogen (secondary N) is 2. The van der Waals surface area contributed by atoms with Crippen molar-refractivity contribution in [1.29, 1.82) is 0 Å². The summed E-state index contributed by atoms with van der Waals surface area (Å²) in [7, 11) is 0. The fraction of sp³-hybridized carbons (Fsp3) is 0.500. The molecule has 1 heterocycles. The molecule has 0 fully saturated rings. The van der Waals surface area contributed by atoms with Crippen LogP contribution in [0.5, 0.6) is 0 Å². The quantitative estimate of drug-likeness (QED) is 0.627. The number of thiophene rings is 1. The standard InChI is InChI=1S/C12H18N4O2S/c13-5-6-15-12(18)16-11-9(10(14)17)7-3-1-2-4-8(7)19-11/h1-6,13H2,(H2,14,17)(H2,15,16,18)/p+1. The van der Waals surface area contributed by atoms with E-state index in [9.17, 15) is 9.59 Å². The van der Waals surface area contributed by atoms with Gasteiger partial charge >= 0.3 is 6.03 Å². The monoisotopic (exact) mass is 283 g/mol. The van der Waals surface area contributed by atoms with Gasteiger partial charge in [0.05, 0.1) is 18.7 Å². The van der Waals surface area contributed by atoms with Gasteiger partial charge in [-0.25, -0.2) is 4.79 Å². The number of nitrogens with two attached hydrogens (primary N) is 1. The highest BCUT2D eigenvalue weighted by molar-refractivity contribution is 7.17. The second kappa shape index (κ2) is 6.03. The molecule has 7 heteroatoms. The predicted molar refractivity (Wildman–Crippen MR) is 74.3 cm³/mol. The molecule has 19 heavy (non-hydrogen) atoms.